The molecule has 0 saturated carbocycles. The lowest BCUT2D eigenvalue weighted by Crippen LogP contribution is -2.43. The lowest BCUT2D eigenvalue weighted by molar-refractivity contribution is -0.151. The second-order valence-corrected chi connectivity index (χ2v) is 7.87. The lowest BCUT2D eigenvalue weighted by atomic mass is 9.69. The van der Waals surface area contributed by atoms with E-state index in [1.54, 1.807) is 38.1 Å². The number of carbonyl (C=O) groups is 4. The molecule has 1 aromatic carbocycles. The van der Waals surface area contributed by atoms with E-state index in [1.165, 1.54) is 14.2 Å². The molecule has 8 nitrogen and oxygen atoms in total. The van der Waals surface area contributed by atoms with Crippen LogP contribution in [0.15, 0.2) is 46.8 Å². The number of hydrogen-bond acceptors (Lipinski definition) is 8. The smallest absolute Gasteiger partial charge is 0.337 e. The van der Waals surface area contributed by atoms with Crippen molar-refractivity contribution in [3.8, 4) is 0 Å². The molecule has 1 heterocycles. The molecule has 0 saturated heterocycles. The van der Waals surface area contributed by atoms with Gasteiger partial charge in [-0.05, 0) is 43.9 Å². The van der Waals surface area contributed by atoms with Crippen LogP contribution < -0.4 is 5.32 Å². The third-order valence-electron chi connectivity index (χ3n) is 5.90. The number of benzene rings is 1. The standard InChI is InChI=1S/C24H27NO7/c1-6-32-24(29)18-13(3)25-16-11-12(2)17(23(28)31-5)21(26)20(16)19(18)14-7-9-15(10-8-14)22(27)30-4/h7-10,12,17,19,25H,6,11H2,1-5H3/t12-,17+,19-/m1/s1. The Morgan fingerprint density at radius 1 is 1.06 bits per heavy atom. The number of methoxy groups -OCH3 is 2. The highest BCUT2D eigenvalue weighted by atomic mass is 16.5. The van der Waals surface area contributed by atoms with Gasteiger partial charge in [0.1, 0.15) is 5.92 Å². The summed E-state index contributed by atoms with van der Waals surface area (Å²) in [5.74, 6) is -3.99. The summed E-state index contributed by atoms with van der Waals surface area (Å²) in [5, 5.41) is 3.20. The fraction of sp³-hybridized carbons (Fsp3) is 0.417. The summed E-state index contributed by atoms with van der Waals surface area (Å²) in [5.41, 5.74) is 2.87. The molecule has 0 aromatic heterocycles. The first-order valence-electron chi connectivity index (χ1n) is 10.4. The maximum absolute atomic E-state index is 13.6. The van der Waals surface area contributed by atoms with Crippen molar-refractivity contribution in [1.82, 2.24) is 5.32 Å². The number of dihydropyridines is 1. The monoisotopic (exact) mass is 441 g/mol. The maximum Gasteiger partial charge on any atom is 0.337 e. The van der Waals surface area contributed by atoms with Gasteiger partial charge in [-0.2, -0.15) is 0 Å². The molecule has 0 amide bonds. The van der Waals surface area contributed by atoms with Gasteiger partial charge in [0.15, 0.2) is 5.78 Å². The molecule has 32 heavy (non-hydrogen) atoms. The highest BCUT2D eigenvalue weighted by Crippen LogP contribution is 2.45. The molecule has 0 radical (unpaired) electrons. The lowest BCUT2D eigenvalue weighted by Gasteiger charge is -2.38. The maximum atomic E-state index is 13.6. The van der Waals surface area contributed by atoms with Gasteiger partial charge < -0.3 is 19.5 Å². The highest BCUT2D eigenvalue weighted by Gasteiger charge is 2.47. The van der Waals surface area contributed by atoms with E-state index in [0.717, 1.165) is 0 Å². The molecule has 3 atom stereocenters. The Bertz CT molecular complexity index is 1020. The Morgan fingerprint density at radius 3 is 2.28 bits per heavy atom. The summed E-state index contributed by atoms with van der Waals surface area (Å²) < 4.78 is 14.9. The van der Waals surface area contributed by atoms with Crippen molar-refractivity contribution in [3.05, 3.63) is 57.9 Å². The minimum Gasteiger partial charge on any atom is -0.468 e. The Kier molecular flexibility index (Phi) is 6.81. The number of rotatable bonds is 5. The van der Waals surface area contributed by atoms with Crippen molar-refractivity contribution in [2.24, 2.45) is 11.8 Å². The predicted octanol–water partition coefficient (Wildman–Crippen LogP) is 2.65. The molecule has 1 aliphatic carbocycles. The molecule has 0 unspecified atom stereocenters. The molecule has 0 bridgehead atoms. The largest absolute Gasteiger partial charge is 0.468 e. The van der Waals surface area contributed by atoms with Gasteiger partial charge >= 0.3 is 17.9 Å². The highest BCUT2D eigenvalue weighted by molar-refractivity contribution is 6.12. The van der Waals surface area contributed by atoms with Gasteiger partial charge in [0, 0.05) is 22.9 Å². The van der Waals surface area contributed by atoms with Crippen LogP contribution in [0.5, 0.6) is 0 Å². The minimum atomic E-state index is -0.959. The third kappa shape index (κ3) is 4.04. The van der Waals surface area contributed by atoms with E-state index in [0.29, 0.717) is 40.1 Å². The molecular weight excluding hydrogens is 414 g/mol. The number of allylic oxidation sites excluding steroid dienone is 3. The second-order valence-electron chi connectivity index (χ2n) is 7.87. The molecule has 170 valence electrons. The summed E-state index contributed by atoms with van der Waals surface area (Å²) in [6.07, 6.45) is 0.449. The zero-order valence-electron chi connectivity index (χ0n) is 18.8. The molecular formula is C24H27NO7. The molecule has 2 aliphatic rings. The van der Waals surface area contributed by atoms with E-state index >= 15 is 0 Å². The zero-order valence-corrected chi connectivity index (χ0v) is 18.8. The molecule has 1 aliphatic heterocycles. The Balaban J connectivity index is 2.17. The Morgan fingerprint density at radius 2 is 1.72 bits per heavy atom. The zero-order chi connectivity index (χ0) is 23.6. The SMILES string of the molecule is CCOC(=O)C1=C(C)NC2=C(C(=O)[C@@H](C(=O)OC)[C@H](C)C2)[C@@H]1c1ccc(C(=O)OC)cc1. The first-order valence-corrected chi connectivity index (χ1v) is 10.4. The second kappa shape index (κ2) is 9.38. The summed E-state index contributed by atoms with van der Waals surface area (Å²) in [6.45, 7) is 5.46. The number of esters is 3. The van der Waals surface area contributed by atoms with Crippen molar-refractivity contribution < 1.29 is 33.4 Å². The van der Waals surface area contributed by atoms with Crippen LogP contribution in [0.4, 0.5) is 0 Å². The number of hydrogen-bond donors (Lipinski definition) is 1. The van der Waals surface area contributed by atoms with Gasteiger partial charge in [0.2, 0.25) is 0 Å². The average molecular weight is 441 g/mol. The Labute approximate surface area is 186 Å². The Hall–Kier alpha value is -3.42. The van der Waals surface area contributed by atoms with E-state index in [-0.39, 0.29) is 18.3 Å². The van der Waals surface area contributed by atoms with Crippen LogP contribution in [0.2, 0.25) is 0 Å². The van der Waals surface area contributed by atoms with Crippen molar-refractivity contribution in [2.45, 2.75) is 33.1 Å². The van der Waals surface area contributed by atoms with Gasteiger partial charge in [0.05, 0.1) is 32.0 Å². The summed E-state index contributed by atoms with van der Waals surface area (Å²) in [7, 11) is 2.54. The van der Waals surface area contributed by atoms with Crippen LogP contribution in [0.25, 0.3) is 0 Å². The van der Waals surface area contributed by atoms with E-state index in [4.69, 9.17) is 14.2 Å². The fourth-order valence-corrected chi connectivity index (χ4v) is 4.42. The molecule has 3 rings (SSSR count). The van der Waals surface area contributed by atoms with Crippen LogP contribution in [0.1, 0.15) is 49.0 Å². The third-order valence-corrected chi connectivity index (χ3v) is 5.90. The van der Waals surface area contributed by atoms with Crippen LogP contribution in [0.3, 0.4) is 0 Å². The average Bonchev–Trinajstić information content (AvgIpc) is 2.77. The van der Waals surface area contributed by atoms with Gasteiger partial charge in [-0.1, -0.05) is 19.1 Å². The molecule has 0 fully saturated rings. The fourth-order valence-electron chi connectivity index (χ4n) is 4.42. The van der Waals surface area contributed by atoms with Crippen LogP contribution in [0, 0.1) is 11.8 Å². The van der Waals surface area contributed by atoms with Gasteiger partial charge in [-0.3, -0.25) is 9.59 Å². The molecule has 8 heteroatoms. The summed E-state index contributed by atoms with van der Waals surface area (Å²) in [6, 6.07) is 6.51. The van der Waals surface area contributed by atoms with Crippen molar-refractivity contribution in [3.63, 3.8) is 0 Å². The minimum absolute atomic E-state index is 0.172. The molecule has 1 N–H and O–H groups in total. The molecule has 0 spiro atoms. The van der Waals surface area contributed by atoms with Gasteiger partial charge in [-0.25, -0.2) is 9.59 Å². The van der Waals surface area contributed by atoms with Crippen LogP contribution in [-0.2, 0) is 28.6 Å². The number of ketones is 1. The predicted molar refractivity (Wildman–Crippen MR) is 114 cm³/mol. The number of ether oxygens (including phenoxy) is 3. The normalized spacial score (nSPS) is 22.7. The number of Topliss-reactive ketones (excluding diaryl/α,β-unsaturated/α-hetero) is 1. The van der Waals surface area contributed by atoms with Crippen LogP contribution >= 0.6 is 0 Å². The van der Waals surface area contributed by atoms with E-state index in [1.807, 2.05) is 6.92 Å². The number of carbonyl (C=O) groups excluding carboxylic acids is 4. The van der Waals surface area contributed by atoms with Gasteiger partial charge in [-0.15, -0.1) is 0 Å². The first kappa shape index (κ1) is 23.2. The van der Waals surface area contributed by atoms with E-state index < -0.39 is 29.7 Å². The molecule has 1 aromatic rings. The quantitative estimate of drug-likeness (QED) is 0.422. The topological polar surface area (TPSA) is 108 Å². The summed E-state index contributed by atoms with van der Waals surface area (Å²) in [4.78, 5) is 50.7. The van der Waals surface area contributed by atoms with E-state index in [9.17, 15) is 19.2 Å². The van der Waals surface area contributed by atoms with Crippen molar-refractivity contribution in [1.29, 1.82) is 0 Å². The van der Waals surface area contributed by atoms with E-state index in [2.05, 4.69) is 5.32 Å². The van der Waals surface area contributed by atoms with Crippen LogP contribution in [-0.4, -0.2) is 44.5 Å². The first-order chi connectivity index (χ1) is 15.2. The summed E-state index contributed by atoms with van der Waals surface area (Å²) >= 11 is 0. The number of nitrogens with one attached hydrogen (secondary N) is 1. The van der Waals surface area contributed by atoms with Gasteiger partial charge in [0.25, 0.3) is 0 Å². The van der Waals surface area contributed by atoms with Crippen molar-refractivity contribution in [2.75, 3.05) is 20.8 Å². The van der Waals surface area contributed by atoms with Crippen molar-refractivity contribution >= 4 is 23.7 Å².